The van der Waals surface area contributed by atoms with E-state index in [-0.39, 0.29) is 0 Å². The summed E-state index contributed by atoms with van der Waals surface area (Å²) >= 11 is 0. The first-order valence-corrected chi connectivity index (χ1v) is 7.01. The highest BCUT2D eigenvalue weighted by molar-refractivity contribution is 5.80. The summed E-state index contributed by atoms with van der Waals surface area (Å²) in [5, 5.41) is 7.11. The Bertz CT molecular complexity index is 428. The minimum atomic E-state index is 0.439. The lowest BCUT2D eigenvalue weighted by Crippen LogP contribution is -2.46. The molecule has 1 N–H and O–H groups in total. The van der Waals surface area contributed by atoms with Crippen LogP contribution in [0.4, 0.5) is 0 Å². The molecule has 2 rings (SSSR count). The van der Waals surface area contributed by atoms with E-state index in [1.54, 1.807) is 0 Å². The molecule has 19 heavy (non-hydrogen) atoms. The zero-order valence-corrected chi connectivity index (χ0v) is 12.0. The minimum Gasteiger partial charge on any atom is -0.357 e. The van der Waals surface area contributed by atoms with Gasteiger partial charge in [0.1, 0.15) is 6.54 Å². The molecule has 1 atom stereocenters. The average molecular weight is 265 g/mol. The molecular formula is C13H23N5O. The van der Waals surface area contributed by atoms with E-state index in [1.807, 2.05) is 6.92 Å². The van der Waals surface area contributed by atoms with Gasteiger partial charge in [-0.15, -0.1) is 0 Å². The van der Waals surface area contributed by atoms with Gasteiger partial charge < -0.3 is 14.7 Å². The number of guanidine groups is 1. The summed E-state index contributed by atoms with van der Waals surface area (Å²) in [5.41, 5.74) is 0. The molecule has 0 bridgehead atoms. The molecule has 1 aliphatic heterocycles. The lowest BCUT2D eigenvalue weighted by atomic mass is 10.0. The maximum absolute atomic E-state index is 5.09. The van der Waals surface area contributed by atoms with Crippen molar-refractivity contribution in [2.75, 3.05) is 19.6 Å². The van der Waals surface area contributed by atoms with E-state index in [9.17, 15) is 0 Å². The predicted molar refractivity (Wildman–Crippen MR) is 73.8 cm³/mol. The molecule has 1 aromatic heterocycles. The molecule has 2 heterocycles. The van der Waals surface area contributed by atoms with Crippen molar-refractivity contribution in [3.63, 3.8) is 0 Å². The van der Waals surface area contributed by atoms with E-state index >= 15 is 0 Å². The fourth-order valence-corrected chi connectivity index (χ4v) is 2.35. The van der Waals surface area contributed by atoms with Crippen molar-refractivity contribution in [1.82, 2.24) is 20.4 Å². The van der Waals surface area contributed by atoms with Gasteiger partial charge in [-0.3, -0.25) is 0 Å². The molecule has 0 spiro atoms. The molecule has 0 radical (unpaired) electrons. The second-order valence-electron chi connectivity index (χ2n) is 5.10. The highest BCUT2D eigenvalue weighted by Crippen LogP contribution is 2.15. The highest BCUT2D eigenvalue weighted by atomic mass is 16.5. The number of nitrogens with one attached hydrogen (secondary N) is 1. The number of piperidine rings is 1. The number of nitrogens with zero attached hydrogens (tertiary/aromatic N) is 4. The second-order valence-corrected chi connectivity index (χ2v) is 5.10. The zero-order chi connectivity index (χ0) is 13.7. The van der Waals surface area contributed by atoms with Crippen LogP contribution >= 0.6 is 0 Å². The molecule has 1 unspecified atom stereocenters. The number of aliphatic imine (C=N–C) groups is 1. The van der Waals surface area contributed by atoms with Gasteiger partial charge in [-0.1, -0.05) is 12.1 Å². The van der Waals surface area contributed by atoms with E-state index in [0.29, 0.717) is 18.3 Å². The standard InChI is InChI=1S/C13H23N5O/c1-4-14-13(18-7-5-6-10(2)9-18)15-8-12-16-11(3)17-19-12/h10H,4-9H2,1-3H3,(H,14,15). The first-order chi connectivity index (χ1) is 9.19. The van der Waals surface area contributed by atoms with Crippen molar-refractivity contribution in [3.8, 4) is 0 Å². The Morgan fingerprint density at radius 1 is 1.58 bits per heavy atom. The number of hydrogen-bond acceptors (Lipinski definition) is 4. The van der Waals surface area contributed by atoms with Crippen LogP contribution in [0.15, 0.2) is 9.52 Å². The smallest absolute Gasteiger partial charge is 0.248 e. The van der Waals surface area contributed by atoms with Crippen LogP contribution in [0.5, 0.6) is 0 Å². The lowest BCUT2D eigenvalue weighted by Gasteiger charge is -2.33. The van der Waals surface area contributed by atoms with Crippen molar-refractivity contribution in [1.29, 1.82) is 0 Å². The van der Waals surface area contributed by atoms with Crippen molar-refractivity contribution in [2.45, 2.75) is 40.2 Å². The van der Waals surface area contributed by atoms with Gasteiger partial charge in [-0.2, -0.15) is 4.98 Å². The van der Waals surface area contributed by atoms with Crippen LogP contribution in [0.3, 0.4) is 0 Å². The fourth-order valence-electron chi connectivity index (χ4n) is 2.35. The van der Waals surface area contributed by atoms with Gasteiger partial charge in [0.25, 0.3) is 0 Å². The predicted octanol–water partition coefficient (Wildman–Crippen LogP) is 1.58. The molecule has 6 nitrogen and oxygen atoms in total. The summed E-state index contributed by atoms with van der Waals surface area (Å²) in [6.45, 7) is 9.62. The van der Waals surface area contributed by atoms with Crippen LogP contribution in [-0.4, -0.2) is 40.6 Å². The number of aromatic nitrogens is 2. The highest BCUT2D eigenvalue weighted by Gasteiger charge is 2.19. The van der Waals surface area contributed by atoms with Gasteiger partial charge in [0.05, 0.1) is 0 Å². The summed E-state index contributed by atoms with van der Waals surface area (Å²) in [4.78, 5) is 11.1. The summed E-state index contributed by atoms with van der Waals surface area (Å²) in [7, 11) is 0. The largest absolute Gasteiger partial charge is 0.357 e. The van der Waals surface area contributed by atoms with Crippen LogP contribution in [0.25, 0.3) is 0 Å². The molecule has 1 saturated heterocycles. The number of hydrogen-bond donors (Lipinski definition) is 1. The summed E-state index contributed by atoms with van der Waals surface area (Å²) < 4.78 is 5.09. The Morgan fingerprint density at radius 2 is 2.42 bits per heavy atom. The van der Waals surface area contributed by atoms with E-state index in [0.717, 1.165) is 31.5 Å². The Morgan fingerprint density at radius 3 is 3.05 bits per heavy atom. The fraction of sp³-hybridized carbons (Fsp3) is 0.769. The van der Waals surface area contributed by atoms with E-state index in [1.165, 1.54) is 12.8 Å². The topological polar surface area (TPSA) is 66.5 Å². The van der Waals surface area contributed by atoms with Gasteiger partial charge in [0.15, 0.2) is 11.8 Å². The molecular weight excluding hydrogens is 242 g/mol. The monoisotopic (exact) mass is 265 g/mol. The van der Waals surface area contributed by atoms with E-state index in [2.05, 4.69) is 39.2 Å². The number of aryl methyl sites for hydroxylation is 1. The Kier molecular flexibility index (Phi) is 4.76. The van der Waals surface area contributed by atoms with Gasteiger partial charge in [0, 0.05) is 19.6 Å². The molecule has 1 aromatic rings. The third-order valence-electron chi connectivity index (χ3n) is 3.23. The summed E-state index contributed by atoms with van der Waals surface area (Å²) in [5.74, 6) is 2.90. The molecule has 1 aliphatic rings. The SMILES string of the molecule is CCNC(=NCc1nc(C)no1)N1CCCC(C)C1. The Balaban J connectivity index is 2.01. The second kappa shape index (κ2) is 6.54. The van der Waals surface area contributed by atoms with Gasteiger partial charge in [-0.25, -0.2) is 4.99 Å². The maximum atomic E-state index is 5.09. The van der Waals surface area contributed by atoms with Crippen LogP contribution in [-0.2, 0) is 6.54 Å². The molecule has 0 saturated carbocycles. The quantitative estimate of drug-likeness (QED) is 0.664. The first kappa shape index (κ1) is 13.8. The lowest BCUT2D eigenvalue weighted by molar-refractivity contribution is 0.265. The molecule has 0 aliphatic carbocycles. The molecule has 1 fully saturated rings. The van der Waals surface area contributed by atoms with Crippen LogP contribution in [0.2, 0.25) is 0 Å². The van der Waals surface area contributed by atoms with E-state index in [4.69, 9.17) is 4.52 Å². The number of rotatable bonds is 3. The minimum absolute atomic E-state index is 0.439. The zero-order valence-electron chi connectivity index (χ0n) is 12.0. The maximum Gasteiger partial charge on any atom is 0.248 e. The first-order valence-electron chi connectivity index (χ1n) is 7.01. The molecule has 6 heteroatoms. The molecule has 0 amide bonds. The third-order valence-corrected chi connectivity index (χ3v) is 3.23. The molecule has 106 valence electrons. The van der Waals surface area contributed by atoms with Crippen molar-refractivity contribution in [2.24, 2.45) is 10.9 Å². The van der Waals surface area contributed by atoms with Crippen molar-refractivity contribution < 1.29 is 4.52 Å². The van der Waals surface area contributed by atoms with Crippen molar-refractivity contribution >= 4 is 5.96 Å². The van der Waals surface area contributed by atoms with E-state index < -0.39 is 0 Å². The summed E-state index contributed by atoms with van der Waals surface area (Å²) in [6.07, 6.45) is 2.53. The third kappa shape index (κ3) is 3.94. The molecule has 0 aromatic carbocycles. The normalized spacial score (nSPS) is 20.7. The van der Waals surface area contributed by atoms with Gasteiger partial charge in [0.2, 0.25) is 5.89 Å². The number of likely N-dealkylation sites (tertiary alicyclic amines) is 1. The Hall–Kier alpha value is -1.59. The summed E-state index contributed by atoms with van der Waals surface area (Å²) in [6, 6.07) is 0. The van der Waals surface area contributed by atoms with Crippen LogP contribution in [0.1, 0.15) is 38.4 Å². The van der Waals surface area contributed by atoms with Gasteiger partial charge >= 0.3 is 0 Å². The van der Waals surface area contributed by atoms with Crippen molar-refractivity contribution in [3.05, 3.63) is 11.7 Å². The Labute approximate surface area is 114 Å². The van der Waals surface area contributed by atoms with Crippen LogP contribution < -0.4 is 5.32 Å². The van der Waals surface area contributed by atoms with Gasteiger partial charge in [-0.05, 0) is 32.6 Å². The average Bonchev–Trinajstić information content (AvgIpc) is 2.80. The van der Waals surface area contributed by atoms with Crippen LogP contribution in [0, 0.1) is 12.8 Å².